The molecule has 5 rings (SSSR count). The number of amides is 1. The molecule has 252 valence electrons. The minimum absolute atomic E-state index is 0.109. The Balaban J connectivity index is 1.53. The van der Waals surface area contributed by atoms with E-state index in [2.05, 4.69) is 46.7 Å². The zero-order chi connectivity index (χ0) is 34.7. The summed E-state index contributed by atoms with van der Waals surface area (Å²) in [4.78, 5) is 29.3. The number of alkyl carbamates (subject to hydrolysis) is 1. The molecule has 0 radical (unpaired) electrons. The smallest absolute Gasteiger partial charge is 0.407 e. The molecule has 0 spiro atoms. The number of thioether (sulfide) groups is 1. The average Bonchev–Trinajstić information content (AvgIpc) is 3.09. The highest BCUT2D eigenvalue weighted by Gasteiger charge is 2.38. The van der Waals surface area contributed by atoms with Gasteiger partial charge in [0.15, 0.2) is 6.61 Å². The number of carbonyl (C=O) groups is 2. The maximum Gasteiger partial charge on any atom is 0.407 e. The lowest BCUT2D eigenvalue weighted by atomic mass is 9.84. The predicted octanol–water partition coefficient (Wildman–Crippen LogP) is 8.50. The topological polar surface area (TPSA) is 107 Å². The maximum absolute atomic E-state index is 13.3. The van der Waals surface area contributed by atoms with Crippen LogP contribution < -0.4 is 14.8 Å². The van der Waals surface area contributed by atoms with Gasteiger partial charge in [-0.15, -0.1) is 11.8 Å². The standard InChI is InChI=1S/C40H40N2O6S/c1-39(2,3)48-38(45)41-33(26-29-24-25-35(42-37(29)46-27-36(43)44)47-34-22-14-7-15-23-34)28-49-40(30-16-8-4-9-17-30,31-18-10-5-11-19-31)32-20-12-6-13-21-32/h4-25,33H,26-28H2,1-3H3,(H,41,45)(H,43,44). The fourth-order valence-electron chi connectivity index (χ4n) is 5.41. The Hall–Kier alpha value is -5.28. The Labute approximate surface area is 291 Å². The molecule has 9 heteroatoms. The molecule has 4 aromatic carbocycles. The SMILES string of the molecule is CC(C)(C)OC(=O)NC(CSC(c1ccccc1)(c1ccccc1)c1ccccc1)Cc1ccc(Oc2ccccc2)nc1OCC(=O)O. The molecule has 0 bridgehead atoms. The first kappa shape index (κ1) is 35.0. The molecule has 0 saturated heterocycles. The molecule has 0 fully saturated rings. The van der Waals surface area contributed by atoms with Crippen molar-refractivity contribution in [2.45, 2.75) is 43.6 Å². The number of carboxylic acid groups (broad SMARTS) is 1. The monoisotopic (exact) mass is 676 g/mol. The Bertz CT molecular complexity index is 1700. The lowest BCUT2D eigenvalue weighted by Gasteiger charge is -2.37. The summed E-state index contributed by atoms with van der Waals surface area (Å²) in [5.74, 6) is 0.236. The highest BCUT2D eigenvalue weighted by molar-refractivity contribution is 8.00. The van der Waals surface area contributed by atoms with Gasteiger partial charge >= 0.3 is 12.1 Å². The number of carbonyl (C=O) groups excluding carboxylic acids is 1. The molecule has 5 aromatic rings. The summed E-state index contributed by atoms with van der Waals surface area (Å²) in [7, 11) is 0. The lowest BCUT2D eigenvalue weighted by Crippen LogP contribution is -2.42. The van der Waals surface area contributed by atoms with E-state index in [1.54, 1.807) is 36.0 Å². The molecular formula is C40H40N2O6S. The van der Waals surface area contributed by atoms with Gasteiger partial charge in [0, 0.05) is 23.4 Å². The van der Waals surface area contributed by atoms with Gasteiger partial charge in [-0.05, 0) is 62.1 Å². The van der Waals surface area contributed by atoms with E-state index in [-0.39, 0.29) is 18.2 Å². The zero-order valence-corrected chi connectivity index (χ0v) is 28.6. The molecule has 1 atom stereocenters. The number of aliphatic carboxylic acids is 1. The van der Waals surface area contributed by atoms with Gasteiger partial charge in [-0.1, -0.05) is 109 Å². The summed E-state index contributed by atoms with van der Waals surface area (Å²) in [6.07, 6.45) is -0.290. The Morgan fingerprint density at radius 3 is 1.76 bits per heavy atom. The summed E-state index contributed by atoms with van der Waals surface area (Å²) in [5.41, 5.74) is 3.15. The molecule has 1 amide bonds. The number of carboxylic acids is 1. The summed E-state index contributed by atoms with van der Waals surface area (Å²) >= 11 is 1.69. The highest BCUT2D eigenvalue weighted by Crippen LogP contribution is 2.48. The van der Waals surface area contributed by atoms with E-state index < -0.39 is 35.1 Å². The zero-order valence-electron chi connectivity index (χ0n) is 27.7. The van der Waals surface area contributed by atoms with E-state index in [4.69, 9.17) is 14.2 Å². The van der Waals surface area contributed by atoms with Gasteiger partial charge in [0.05, 0.1) is 4.75 Å². The third kappa shape index (κ3) is 9.64. The van der Waals surface area contributed by atoms with Crippen molar-refractivity contribution in [3.05, 3.63) is 156 Å². The van der Waals surface area contributed by atoms with Crippen molar-refractivity contribution in [3.8, 4) is 17.5 Å². The molecule has 8 nitrogen and oxygen atoms in total. The van der Waals surface area contributed by atoms with Gasteiger partial charge in [-0.2, -0.15) is 4.98 Å². The molecule has 1 aromatic heterocycles. The first-order valence-corrected chi connectivity index (χ1v) is 17.0. The van der Waals surface area contributed by atoms with Crippen molar-refractivity contribution in [2.75, 3.05) is 12.4 Å². The molecular weight excluding hydrogens is 637 g/mol. The van der Waals surface area contributed by atoms with E-state index >= 15 is 0 Å². The number of benzene rings is 4. The van der Waals surface area contributed by atoms with E-state index in [9.17, 15) is 14.7 Å². The van der Waals surface area contributed by atoms with Crippen LogP contribution in [0, 0.1) is 0 Å². The normalized spacial score (nSPS) is 12.1. The number of para-hydroxylation sites is 1. The summed E-state index contributed by atoms with van der Waals surface area (Å²) in [6, 6.07) is 43.1. The number of pyridine rings is 1. The lowest BCUT2D eigenvalue weighted by molar-refractivity contribution is -0.139. The van der Waals surface area contributed by atoms with E-state index in [1.807, 2.05) is 93.6 Å². The van der Waals surface area contributed by atoms with Gasteiger partial charge < -0.3 is 24.6 Å². The second-order valence-electron chi connectivity index (χ2n) is 12.3. The summed E-state index contributed by atoms with van der Waals surface area (Å²) < 4.78 is 16.6. The Kier molecular flexibility index (Phi) is 11.6. The van der Waals surface area contributed by atoms with Crippen LogP contribution >= 0.6 is 11.8 Å². The predicted molar refractivity (Wildman–Crippen MR) is 192 cm³/mol. The molecule has 49 heavy (non-hydrogen) atoms. The average molecular weight is 677 g/mol. The van der Waals surface area contributed by atoms with Crippen molar-refractivity contribution < 1.29 is 28.9 Å². The van der Waals surface area contributed by atoms with Crippen molar-refractivity contribution in [1.29, 1.82) is 0 Å². The van der Waals surface area contributed by atoms with Crippen LogP contribution in [0.3, 0.4) is 0 Å². The van der Waals surface area contributed by atoms with Crippen molar-refractivity contribution in [2.24, 2.45) is 0 Å². The van der Waals surface area contributed by atoms with Gasteiger partial charge in [-0.3, -0.25) is 0 Å². The molecule has 1 unspecified atom stereocenters. The Morgan fingerprint density at radius 2 is 1.27 bits per heavy atom. The van der Waals surface area contributed by atoms with Gasteiger partial charge in [0.25, 0.3) is 0 Å². The summed E-state index contributed by atoms with van der Waals surface area (Å²) in [5, 5.41) is 12.5. The van der Waals surface area contributed by atoms with Gasteiger partial charge in [-0.25, -0.2) is 9.59 Å². The fourth-order valence-corrected chi connectivity index (χ4v) is 6.97. The van der Waals surface area contributed by atoms with E-state index in [1.165, 1.54) is 0 Å². The molecule has 0 aliphatic carbocycles. The number of nitrogens with zero attached hydrogens (tertiary/aromatic N) is 1. The minimum Gasteiger partial charge on any atom is -0.479 e. The van der Waals surface area contributed by atoms with E-state index in [0.29, 0.717) is 17.1 Å². The first-order valence-electron chi connectivity index (χ1n) is 16.0. The third-order valence-electron chi connectivity index (χ3n) is 7.44. The largest absolute Gasteiger partial charge is 0.479 e. The van der Waals surface area contributed by atoms with Gasteiger partial charge in [0.1, 0.15) is 11.4 Å². The van der Waals surface area contributed by atoms with Gasteiger partial charge in [0.2, 0.25) is 11.8 Å². The first-order chi connectivity index (χ1) is 23.6. The molecule has 0 saturated carbocycles. The molecule has 2 N–H and O–H groups in total. The van der Waals surface area contributed by atoms with Crippen molar-refractivity contribution in [1.82, 2.24) is 10.3 Å². The maximum atomic E-state index is 13.3. The number of nitrogens with one attached hydrogen (secondary N) is 1. The van der Waals surface area contributed by atoms with Crippen LogP contribution in [0.15, 0.2) is 133 Å². The second kappa shape index (κ2) is 16.2. The highest BCUT2D eigenvalue weighted by atomic mass is 32.2. The summed E-state index contributed by atoms with van der Waals surface area (Å²) in [6.45, 7) is 4.85. The molecule has 0 aliphatic heterocycles. The van der Waals surface area contributed by atoms with Crippen molar-refractivity contribution >= 4 is 23.8 Å². The Morgan fingerprint density at radius 1 is 0.755 bits per heavy atom. The van der Waals surface area contributed by atoms with Crippen LogP contribution in [0.5, 0.6) is 17.5 Å². The fraction of sp³-hybridized carbons (Fsp3) is 0.225. The van der Waals surface area contributed by atoms with Crippen LogP contribution in [0.2, 0.25) is 0 Å². The minimum atomic E-state index is -1.14. The van der Waals surface area contributed by atoms with E-state index in [0.717, 1.165) is 16.7 Å². The quantitative estimate of drug-likeness (QED) is 0.113. The number of rotatable bonds is 14. The molecule has 1 heterocycles. The van der Waals surface area contributed by atoms with Crippen LogP contribution in [0.4, 0.5) is 4.79 Å². The number of hydrogen-bond donors (Lipinski definition) is 2. The number of ether oxygens (including phenoxy) is 3. The van der Waals surface area contributed by atoms with Crippen molar-refractivity contribution in [3.63, 3.8) is 0 Å². The number of aromatic nitrogens is 1. The third-order valence-corrected chi connectivity index (χ3v) is 9.15. The van der Waals surface area contributed by atoms with Crippen LogP contribution in [0.25, 0.3) is 0 Å². The van der Waals surface area contributed by atoms with Crippen LogP contribution in [-0.2, 0) is 20.7 Å². The van der Waals surface area contributed by atoms with Crippen LogP contribution in [0.1, 0.15) is 43.0 Å². The number of hydrogen-bond acceptors (Lipinski definition) is 7. The van der Waals surface area contributed by atoms with Crippen LogP contribution in [-0.4, -0.2) is 46.2 Å². The molecule has 0 aliphatic rings. The second-order valence-corrected chi connectivity index (χ2v) is 13.6.